The van der Waals surface area contributed by atoms with Gasteiger partial charge in [0.05, 0.1) is 0 Å². The first kappa shape index (κ1) is 16.8. The van der Waals surface area contributed by atoms with Crippen molar-refractivity contribution in [1.29, 1.82) is 0 Å². The van der Waals surface area contributed by atoms with E-state index in [1.165, 1.54) is 6.42 Å². The molecule has 1 atom stereocenters. The van der Waals surface area contributed by atoms with Gasteiger partial charge in [0, 0.05) is 31.1 Å². The van der Waals surface area contributed by atoms with Crippen molar-refractivity contribution in [2.45, 2.75) is 42.6 Å². The predicted octanol–water partition coefficient (Wildman–Crippen LogP) is 3.68. The van der Waals surface area contributed by atoms with Crippen LogP contribution in [0.1, 0.15) is 37.0 Å². The summed E-state index contributed by atoms with van der Waals surface area (Å²) in [6, 6.07) is 8.35. The maximum atomic E-state index is 12.3. The molecule has 1 heterocycles. The van der Waals surface area contributed by atoms with E-state index in [0.717, 1.165) is 29.2 Å². The van der Waals surface area contributed by atoms with Crippen LogP contribution >= 0.6 is 11.8 Å². The highest BCUT2D eigenvalue weighted by Gasteiger charge is 2.25. The van der Waals surface area contributed by atoms with E-state index in [2.05, 4.69) is 28.5 Å². The normalized spacial score (nSPS) is 15.6. The number of hydrogen-bond donors (Lipinski definition) is 1. The molecule has 1 aliphatic carbocycles. The number of hydrogen-bond acceptors (Lipinski definition) is 4. The van der Waals surface area contributed by atoms with Crippen LogP contribution in [0.25, 0.3) is 0 Å². The lowest BCUT2D eigenvalue weighted by Crippen LogP contribution is -2.43. The van der Waals surface area contributed by atoms with Crippen molar-refractivity contribution in [3.63, 3.8) is 0 Å². The second kappa shape index (κ2) is 7.25. The second-order valence-corrected chi connectivity index (χ2v) is 7.54. The smallest absolute Gasteiger partial charge is 0.321 e. The zero-order chi connectivity index (χ0) is 17.1. The molecular weight excluding hydrogens is 322 g/mol. The zero-order valence-electron chi connectivity index (χ0n) is 14.3. The van der Waals surface area contributed by atoms with Crippen LogP contribution in [0.3, 0.4) is 0 Å². The van der Waals surface area contributed by atoms with Crippen LogP contribution in [0.2, 0.25) is 0 Å². The van der Waals surface area contributed by atoms with E-state index >= 15 is 0 Å². The molecule has 1 fully saturated rings. The van der Waals surface area contributed by atoms with E-state index in [4.69, 9.17) is 0 Å². The number of carbonyl (C=O) groups is 1. The molecule has 3 rings (SSSR count). The van der Waals surface area contributed by atoms with Crippen LogP contribution in [0, 0.1) is 0 Å². The first-order valence-electron chi connectivity index (χ1n) is 8.19. The molecule has 1 aliphatic rings. The fraction of sp³-hybridized carbons (Fsp3) is 0.471. The Morgan fingerprint density at radius 1 is 1.46 bits per heavy atom. The molecule has 1 aromatic carbocycles. The van der Waals surface area contributed by atoms with Crippen LogP contribution in [0.5, 0.6) is 0 Å². The minimum absolute atomic E-state index is 0.0366. The maximum Gasteiger partial charge on any atom is 0.321 e. The van der Waals surface area contributed by atoms with Gasteiger partial charge in [-0.3, -0.25) is 0 Å². The van der Waals surface area contributed by atoms with Gasteiger partial charge in [0.1, 0.15) is 6.33 Å². The topological polar surface area (TPSA) is 63.1 Å². The Labute approximate surface area is 146 Å². The fourth-order valence-corrected chi connectivity index (χ4v) is 3.53. The highest BCUT2D eigenvalue weighted by atomic mass is 32.2. The van der Waals surface area contributed by atoms with Gasteiger partial charge in [-0.25, -0.2) is 4.79 Å². The number of carbonyl (C=O) groups excluding carboxylic acids is 1. The van der Waals surface area contributed by atoms with Gasteiger partial charge >= 0.3 is 6.03 Å². The van der Waals surface area contributed by atoms with Crippen LogP contribution in [0.4, 0.5) is 10.5 Å². The Hall–Kier alpha value is -2.02. The Morgan fingerprint density at radius 3 is 2.88 bits per heavy atom. The molecule has 0 saturated heterocycles. The molecule has 0 bridgehead atoms. The number of aryl methyl sites for hydroxylation is 1. The third-order valence-electron chi connectivity index (χ3n) is 4.50. The molecule has 0 spiro atoms. The van der Waals surface area contributed by atoms with Crippen LogP contribution in [0.15, 0.2) is 35.7 Å². The van der Waals surface area contributed by atoms with Gasteiger partial charge in [0.25, 0.3) is 0 Å². The van der Waals surface area contributed by atoms with E-state index in [0.29, 0.717) is 6.04 Å². The molecule has 6 nitrogen and oxygen atoms in total. The molecular formula is C17H23N5OS. The van der Waals surface area contributed by atoms with Crippen LogP contribution in [-0.2, 0) is 7.05 Å². The van der Waals surface area contributed by atoms with Crippen LogP contribution < -0.4 is 5.32 Å². The molecule has 2 amide bonds. The molecule has 1 N–H and O–H groups in total. The number of nitrogens with zero attached hydrogens (tertiary/aromatic N) is 4. The van der Waals surface area contributed by atoms with Gasteiger partial charge in [0.15, 0.2) is 5.16 Å². The molecule has 0 radical (unpaired) electrons. The zero-order valence-corrected chi connectivity index (χ0v) is 15.1. The van der Waals surface area contributed by atoms with Gasteiger partial charge in [0.2, 0.25) is 0 Å². The number of rotatable bonds is 5. The number of nitrogens with one attached hydrogen (secondary N) is 1. The number of anilines is 1. The molecule has 7 heteroatoms. The van der Waals surface area contributed by atoms with Gasteiger partial charge in [-0.15, -0.1) is 10.2 Å². The summed E-state index contributed by atoms with van der Waals surface area (Å²) >= 11 is 1.65. The summed E-state index contributed by atoms with van der Waals surface area (Å²) in [6.07, 6.45) is 5.13. The van der Waals surface area contributed by atoms with E-state index in [1.54, 1.807) is 18.1 Å². The highest BCUT2D eigenvalue weighted by molar-refractivity contribution is 7.99. The average Bonchev–Trinajstić information content (AvgIpc) is 2.91. The quantitative estimate of drug-likeness (QED) is 0.840. The molecule has 24 heavy (non-hydrogen) atoms. The van der Waals surface area contributed by atoms with Crippen molar-refractivity contribution >= 4 is 23.5 Å². The van der Waals surface area contributed by atoms with Crippen molar-refractivity contribution in [3.05, 3.63) is 36.2 Å². The molecule has 1 aromatic heterocycles. The van der Waals surface area contributed by atoms with Crippen molar-refractivity contribution in [3.8, 4) is 0 Å². The SMILES string of the molecule is C[C@H](Sc1nncn1C)c1cccc(NC(=O)N(C)C2CCC2)c1. The minimum atomic E-state index is -0.0366. The lowest BCUT2D eigenvalue weighted by molar-refractivity contribution is 0.169. The largest absolute Gasteiger partial charge is 0.325 e. The minimum Gasteiger partial charge on any atom is -0.325 e. The lowest BCUT2D eigenvalue weighted by atomic mass is 9.92. The summed E-state index contributed by atoms with van der Waals surface area (Å²) < 4.78 is 1.90. The van der Waals surface area contributed by atoms with Crippen molar-refractivity contribution in [2.24, 2.45) is 7.05 Å². The summed E-state index contributed by atoms with van der Waals surface area (Å²) in [4.78, 5) is 14.1. The van der Waals surface area contributed by atoms with Gasteiger partial charge in [-0.05, 0) is 43.9 Å². The number of urea groups is 1. The first-order valence-corrected chi connectivity index (χ1v) is 9.07. The molecule has 0 aliphatic heterocycles. The van der Waals surface area contributed by atoms with Crippen molar-refractivity contribution in [2.75, 3.05) is 12.4 Å². The Bertz CT molecular complexity index is 713. The molecule has 128 valence electrons. The van der Waals surface area contributed by atoms with E-state index < -0.39 is 0 Å². The van der Waals surface area contributed by atoms with Gasteiger partial charge < -0.3 is 14.8 Å². The molecule has 2 aromatic rings. The standard InChI is InChI=1S/C17H23N5OS/c1-12(24-17-20-18-11-21(17)2)13-6-4-7-14(10-13)19-16(23)22(3)15-8-5-9-15/h4,6-7,10-12,15H,5,8-9H2,1-3H3,(H,19,23)/t12-/m0/s1. The molecule has 1 saturated carbocycles. The Balaban J connectivity index is 1.65. The number of benzene rings is 1. The molecule has 0 unspecified atom stereocenters. The summed E-state index contributed by atoms with van der Waals surface area (Å²) in [5.41, 5.74) is 1.97. The average molecular weight is 345 g/mol. The predicted molar refractivity (Wildman–Crippen MR) is 96.1 cm³/mol. The van der Waals surface area contributed by atoms with E-state index in [9.17, 15) is 4.79 Å². The first-order chi connectivity index (χ1) is 11.5. The van der Waals surface area contributed by atoms with Crippen LogP contribution in [-0.4, -0.2) is 38.8 Å². The van der Waals surface area contributed by atoms with Crippen molar-refractivity contribution in [1.82, 2.24) is 19.7 Å². The summed E-state index contributed by atoms with van der Waals surface area (Å²) in [7, 11) is 3.80. The number of aromatic nitrogens is 3. The number of amides is 2. The fourth-order valence-electron chi connectivity index (χ4n) is 2.63. The summed E-state index contributed by atoms with van der Waals surface area (Å²) in [6.45, 7) is 2.13. The lowest BCUT2D eigenvalue weighted by Gasteiger charge is -2.34. The highest BCUT2D eigenvalue weighted by Crippen LogP contribution is 2.34. The Kier molecular flexibility index (Phi) is 5.08. The Morgan fingerprint density at radius 2 is 2.25 bits per heavy atom. The number of thioether (sulfide) groups is 1. The monoisotopic (exact) mass is 345 g/mol. The van der Waals surface area contributed by atoms with Gasteiger partial charge in [-0.1, -0.05) is 23.9 Å². The summed E-state index contributed by atoms with van der Waals surface area (Å²) in [5.74, 6) is 0. The summed E-state index contributed by atoms with van der Waals surface area (Å²) in [5, 5.41) is 12.1. The van der Waals surface area contributed by atoms with E-state index in [1.807, 2.05) is 41.8 Å². The van der Waals surface area contributed by atoms with Gasteiger partial charge in [-0.2, -0.15) is 0 Å². The van der Waals surface area contributed by atoms with E-state index in [-0.39, 0.29) is 11.3 Å². The second-order valence-electron chi connectivity index (χ2n) is 6.24. The third kappa shape index (κ3) is 3.72. The third-order valence-corrected chi connectivity index (χ3v) is 5.71. The maximum absolute atomic E-state index is 12.3. The van der Waals surface area contributed by atoms with Crippen molar-refractivity contribution < 1.29 is 4.79 Å².